The van der Waals surface area contributed by atoms with E-state index in [1.807, 2.05) is 0 Å². The van der Waals surface area contributed by atoms with Crippen LogP contribution >= 0.6 is 0 Å². The number of amides is 1. The molecule has 0 bridgehead atoms. The third-order valence-corrected chi connectivity index (χ3v) is 4.95. The molecule has 4 rings (SSSR count). The Bertz CT molecular complexity index is 1150. The molecule has 1 fully saturated rings. The van der Waals surface area contributed by atoms with Gasteiger partial charge in [0, 0.05) is 35.0 Å². The molecule has 2 aromatic carbocycles. The summed E-state index contributed by atoms with van der Waals surface area (Å²) < 4.78 is 5.12. The predicted molar refractivity (Wildman–Crippen MR) is 113 cm³/mol. The number of rotatable bonds is 6. The zero-order chi connectivity index (χ0) is 21.1. The Hall–Kier alpha value is -3.72. The van der Waals surface area contributed by atoms with Crippen LogP contribution in [0.1, 0.15) is 12.8 Å². The maximum absolute atomic E-state index is 12.1. The van der Waals surface area contributed by atoms with E-state index in [1.165, 1.54) is 24.3 Å². The molecule has 0 radical (unpaired) electrons. The Morgan fingerprint density at radius 1 is 1.07 bits per heavy atom. The van der Waals surface area contributed by atoms with E-state index in [9.17, 15) is 19.7 Å². The van der Waals surface area contributed by atoms with E-state index in [-0.39, 0.29) is 17.2 Å². The molecule has 1 aromatic heterocycles. The molecule has 0 unspecified atom stereocenters. The average Bonchev–Trinajstić information content (AvgIpc) is 3.22. The molecule has 154 valence electrons. The number of carbonyl (C=O) groups is 1. The molecule has 1 aliphatic heterocycles. The molecule has 30 heavy (non-hydrogen) atoms. The van der Waals surface area contributed by atoms with Gasteiger partial charge in [-0.3, -0.25) is 19.8 Å². The van der Waals surface area contributed by atoms with E-state index < -0.39 is 10.5 Å². The van der Waals surface area contributed by atoms with Gasteiger partial charge in [0.1, 0.15) is 5.58 Å². The summed E-state index contributed by atoms with van der Waals surface area (Å²) in [6.45, 7) is 2.28. The summed E-state index contributed by atoms with van der Waals surface area (Å²) in [5.74, 6) is -0.0587. The molecule has 2 N–H and O–H groups in total. The lowest BCUT2D eigenvalue weighted by Gasteiger charge is -2.14. The van der Waals surface area contributed by atoms with Gasteiger partial charge < -0.3 is 15.1 Å². The van der Waals surface area contributed by atoms with E-state index in [0.29, 0.717) is 29.0 Å². The molecule has 1 aliphatic rings. The minimum atomic E-state index is -0.565. The molecule has 0 atom stereocenters. The van der Waals surface area contributed by atoms with Crippen molar-refractivity contribution >= 4 is 39.6 Å². The third kappa shape index (κ3) is 4.47. The second-order valence-electron chi connectivity index (χ2n) is 7.15. The quantitative estimate of drug-likeness (QED) is 0.364. The smallest absolute Gasteiger partial charge is 0.338 e. The maximum Gasteiger partial charge on any atom is 0.338 e. The monoisotopic (exact) mass is 408 g/mol. The highest BCUT2D eigenvalue weighted by Gasteiger charge is 2.15. The number of hydrogen-bond acceptors (Lipinski definition) is 7. The van der Waals surface area contributed by atoms with Gasteiger partial charge in [-0.15, -0.1) is 0 Å². The Labute approximate surface area is 171 Å². The third-order valence-electron chi connectivity index (χ3n) is 4.95. The van der Waals surface area contributed by atoms with Crippen molar-refractivity contribution in [3.63, 3.8) is 0 Å². The molecule has 2 heterocycles. The number of carbonyl (C=O) groups excluding carboxylic acids is 1. The van der Waals surface area contributed by atoms with Crippen molar-refractivity contribution in [3.05, 3.63) is 69.1 Å². The molecule has 0 saturated carbocycles. The summed E-state index contributed by atoms with van der Waals surface area (Å²) in [7, 11) is 0. The second kappa shape index (κ2) is 8.34. The molecular formula is C21H20N4O5. The summed E-state index contributed by atoms with van der Waals surface area (Å²) in [5.41, 5.74) is 1.31. The number of nitrogens with zero attached hydrogens (tertiary/aromatic N) is 2. The van der Waals surface area contributed by atoms with E-state index in [1.54, 1.807) is 24.3 Å². The fraction of sp³-hybridized carbons (Fsp3) is 0.238. The van der Waals surface area contributed by atoms with Gasteiger partial charge in [0.05, 0.1) is 17.2 Å². The van der Waals surface area contributed by atoms with Crippen molar-refractivity contribution in [1.82, 2.24) is 4.90 Å². The highest BCUT2D eigenvalue weighted by atomic mass is 16.6. The number of nitro benzene ring substituents is 1. The van der Waals surface area contributed by atoms with Crippen LogP contribution in [0.5, 0.6) is 0 Å². The minimum Gasteiger partial charge on any atom is -0.423 e. The fourth-order valence-corrected chi connectivity index (χ4v) is 3.50. The van der Waals surface area contributed by atoms with Gasteiger partial charge >= 0.3 is 5.63 Å². The lowest BCUT2D eigenvalue weighted by atomic mass is 10.1. The maximum atomic E-state index is 12.1. The van der Waals surface area contributed by atoms with Crippen LogP contribution in [0.25, 0.3) is 11.0 Å². The van der Waals surface area contributed by atoms with E-state index >= 15 is 0 Å². The first-order valence-electron chi connectivity index (χ1n) is 9.59. The number of anilines is 3. The molecule has 9 heteroatoms. The Morgan fingerprint density at radius 2 is 1.77 bits per heavy atom. The first kappa shape index (κ1) is 19.6. The average molecular weight is 408 g/mol. The van der Waals surface area contributed by atoms with Crippen molar-refractivity contribution in [2.75, 3.05) is 30.3 Å². The second-order valence-corrected chi connectivity index (χ2v) is 7.15. The highest BCUT2D eigenvalue weighted by molar-refractivity contribution is 5.94. The standard InChI is InChI=1S/C21H20N4O5/c26-20(13-24-9-1-2-10-24)23-15-5-3-14(4-6-15)22-18-12-21(27)30-19-8-7-16(25(28)29)11-17(18)19/h3-8,11-12,22H,1-2,9-10,13H2,(H,23,26). The van der Waals surface area contributed by atoms with E-state index in [0.717, 1.165) is 25.9 Å². The number of fused-ring (bicyclic) bond motifs is 1. The lowest BCUT2D eigenvalue weighted by Crippen LogP contribution is -2.30. The number of nitro groups is 1. The van der Waals surface area contributed by atoms with Crippen molar-refractivity contribution < 1.29 is 14.1 Å². The largest absolute Gasteiger partial charge is 0.423 e. The molecule has 9 nitrogen and oxygen atoms in total. The van der Waals surface area contributed by atoms with Gasteiger partial charge in [0.15, 0.2) is 0 Å². The zero-order valence-electron chi connectivity index (χ0n) is 16.1. The van der Waals surface area contributed by atoms with Crippen LogP contribution in [-0.4, -0.2) is 35.4 Å². The molecule has 0 aliphatic carbocycles. The Balaban J connectivity index is 1.50. The van der Waals surface area contributed by atoms with Crippen LogP contribution in [0.3, 0.4) is 0 Å². The van der Waals surface area contributed by atoms with Crippen molar-refractivity contribution in [1.29, 1.82) is 0 Å². The van der Waals surface area contributed by atoms with Crippen LogP contribution in [0.2, 0.25) is 0 Å². The molecule has 1 amide bonds. The molecule has 0 spiro atoms. The fourth-order valence-electron chi connectivity index (χ4n) is 3.50. The number of hydrogen-bond donors (Lipinski definition) is 2. The summed E-state index contributed by atoms with van der Waals surface area (Å²) in [6, 6.07) is 12.3. The van der Waals surface area contributed by atoms with Crippen LogP contribution in [0.4, 0.5) is 22.7 Å². The first-order chi connectivity index (χ1) is 14.5. The topological polar surface area (TPSA) is 118 Å². The van der Waals surface area contributed by atoms with Crippen molar-refractivity contribution in [2.24, 2.45) is 0 Å². The van der Waals surface area contributed by atoms with Gasteiger partial charge in [-0.05, 0) is 56.3 Å². The van der Waals surface area contributed by atoms with Crippen LogP contribution in [0.15, 0.2) is 57.7 Å². The van der Waals surface area contributed by atoms with Gasteiger partial charge in [-0.25, -0.2) is 4.79 Å². The van der Waals surface area contributed by atoms with Crippen molar-refractivity contribution in [2.45, 2.75) is 12.8 Å². The molecule has 1 saturated heterocycles. The van der Waals surface area contributed by atoms with Gasteiger partial charge in [0.2, 0.25) is 5.91 Å². The number of benzene rings is 2. The van der Waals surface area contributed by atoms with Gasteiger partial charge in [0.25, 0.3) is 5.69 Å². The normalized spacial score (nSPS) is 14.0. The van der Waals surface area contributed by atoms with Crippen LogP contribution in [0, 0.1) is 10.1 Å². The molecule has 3 aromatic rings. The van der Waals surface area contributed by atoms with Gasteiger partial charge in [-0.1, -0.05) is 0 Å². The number of non-ortho nitro benzene ring substituents is 1. The Morgan fingerprint density at radius 3 is 2.47 bits per heavy atom. The van der Waals surface area contributed by atoms with Crippen molar-refractivity contribution in [3.8, 4) is 0 Å². The predicted octanol–water partition coefficient (Wildman–Crippen LogP) is 3.48. The summed E-state index contributed by atoms with van der Waals surface area (Å²) >= 11 is 0. The van der Waals surface area contributed by atoms with Gasteiger partial charge in [-0.2, -0.15) is 0 Å². The van der Waals surface area contributed by atoms with E-state index in [4.69, 9.17) is 4.42 Å². The lowest BCUT2D eigenvalue weighted by molar-refractivity contribution is -0.384. The Kier molecular flexibility index (Phi) is 5.44. The summed E-state index contributed by atoms with van der Waals surface area (Å²) in [6.07, 6.45) is 2.26. The zero-order valence-corrected chi connectivity index (χ0v) is 16.1. The first-order valence-corrected chi connectivity index (χ1v) is 9.59. The van der Waals surface area contributed by atoms with Crippen LogP contribution in [-0.2, 0) is 4.79 Å². The highest BCUT2D eigenvalue weighted by Crippen LogP contribution is 2.28. The SMILES string of the molecule is O=C(CN1CCCC1)Nc1ccc(Nc2cc(=O)oc3ccc([N+](=O)[O-])cc23)cc1. The summed E-state index contributed by atoms with van der Waals surface area (Å²) in [4.78, 5) is 36.7. The van der Waals surface area contributed by atoms with Crippen LogP contribution < -0.4 is 16.3 Å². The molecular weight excluding hydrogens is 388 g/mol. The number of nitrogens with one attached hydrogen (secondary N) is 2. The van der Waals surface area contributed by atoms with E-state index in [2.05, 4.69) is 15.5 Å². The summed E-state index contributed by atoms with van der Waals surface area (Å²) in [5, 5.41) is 17.5. The minimum absolute atomic E-state index is 0.0587. The number of likely N-dealkylation sites (tertiary alicyclic amines) is 1.